The number of hydrogen-bond acceptors (Lipinski definition) is 7. The van der Waals surface area contributed by atoms with E-state index in [2.05, 4.69) is 5.32 Å². The van der Waals surface area contributed by atoms with Gasteiger partial charge in [0.25, 0.3) is 11.8 Å². The van der Waals surface area contributed by atoms with Gasteiger partial charge in [-0.15, -0.1) is 0 Å². The summed E-state index contributed by atoms with van der Waals surface area (Å²) in [4.78, 5) is 52.5. The average Bonchev–Trinajstić information content (AvgIpc) is 3.13. The van der Waals surface area contributed by atoms with E-state index in [4.69, 9.17) is 5.73 Å². The number of nitrogens with zero attached hydrogens (tertiary/aromatic N) is 2. The normalized spacial score (nSPS) is 28.1. The number of rotatable bonds is 4. The number of piperidine rings is 1. The minimum absolute atomic E-state index is 0.00398. The molecule has 1 aromatic carbocycles. The van der Waals surface area contributed by atoms with Crippen molar-refractivity contribution in [2.24, 2.45) is 5.73 Å². The van der Waals surface area contributed by atoms with Crippen LogP contribution in [-0.4, -0.2) is 69.8 Å². The molecular weight excluding hydrogens is 364 g/mol. The van der Waals surface area contributed by atoms with Crippen LogP contribution < -0.4 is 11.1 Å². The van der Waals surface area contributed by atoms with Crippen molar-refractivity contribution in [1.82, 2.24) is 15.1 Å². The molecule has 4 rings (SSSR count). The molecule has 0 saturated carbocycles. The fourth-order valence-corrected chi connectivity index (χ4v) is 4.33. The molecule has 3 heterocycles. The topological polar surface area (TPSA) is 133 Å². The minimum atomic E-state index is -0.983. The molecule has 3 aliphatic heterocycles. The first kappa shape index (κ1) is 18.7. The first-order valence-corrected chi connectivity index (χ1v) is 9.36. The minimum Gasteiger partial charge on any atom is -0.392 e. The van der Waals surface area contributed by atoms with Gasteiger partial charge in [-0.25, -0.2) is 0 Å². The Hall–Kier alpha value is -2.62. The Kier molecular flexibility index (Phi) is 4.74. The fourth-order valence-electron chi connectivity index (χ4n) is 4.33. The van der Waals surface area contributed by atoms with Gasteiger partial charge in [0.1, 0.15) is 6.04 Å². The zero-order valence-electron chi connectivity index (χ0n) is 15.3. The lowest BCUT2D eigenvalue weighted by molar-refractivity contribution is -0.136. The summed E-state index contributed by atoms with van der Waals surface area (Å²) in [5.74, 6) is -2.07. The zero-order chi connectivity index (χ0) is 20.0. The van der Waals surface area contributed by atoms with E-state index in [0.29, 0.717) is 31.6 Å². The van der Waals surface area contributed by atoms with Crippen LogP contribution in [0.4, 0.5) is 0 Å². The van der Waals surface area contributed by atoms with E-state index in [1.165, 1.54) is 0 Å². The van der Waals surface area contributed by atoms with Crippen LogP contribution in [0, 0.1) is 0 Å². The van der Waals surface area contributed by atoms with Crippen LogP contribution in [-0.2, 0) is 16.1 Å². The molecule has 9 heteroatoms. The van der Waals surface area contributed by atoms with E-state index >= 15 is 0 Å². The molecule has 0 aromatic heterocycles. The molecule has 3 aliphatic rings. The molecule has 4 amide bonds. The monoisotopic (exact) mass is 386 g/mol. The second-order valence-electron chi connectivity index (χ2n) is 7.50. The number of nitrogens with one attached hydrogen (secondary N) is 1. The lowest BCUT2D eigenvalue weighted by atomic mass is 10.0. The molecule has 0 spiro atoms. The van der Waals surface area contributed by atoms with Gasteiger partial charge in [-0.1, -0.05) is 12.1 Å². The molecule has 148 valence electrons. The molecule has 28 heavy (non-hydrogen) atoms. The largest absolute Gasteiger partial charge is 0.392 e. The van der Waals surface area contributed by atoms with Gasteiger partial charge in [-0.3, -0.25) is 34.3 Å². The highest BCUT2D eigenvalue weighted by molar-refractivity contribution is 6.24. The average molecular weight is 386 g/mol. The third kappa shape index (κ3) is 3.01. The summed E-state index contributed by atoms with van der Waals surface area (Å²) in [6.45, 7) is 1.22. The van der Waals surface area contributed by atoms with Crippen LogP contribution in [0.3, 0.4) is 0 Å². The highest BCUT2D eigenvalue weighted by Gasteiger charge is 2.45. The molecular formula is C19H22N4O5. The smallest absolute Gasteiger partial charge is 0.262 e. The number of amides is 4. The number of benzene rings is 1. The van der Waals surface area contributed by atoms with Crippen molar-refractivity contribution in [2.75, 3.05) is 13.1 Å². The SMILES string of the molecule is NC[C@H]1C[C@@H](O)CN1Cc1cccc2c1C(=O)N(C1CCC(=O)NC1=O)C2=O. The molecule has 3 atom stereocenters. The number of likely N-dealkylation sites (tertiary alicyclic amines) is 1. The number of nitrogens with two attached hydrogens (primary N) is 1. The van der Waals surface area contributed by atoms with Crippen molar-refractivity contribution in [3.63, 3.8) is 0 Å². The standard InChI is InChI=1S/C19H22N4O5/c20-7-11-6-12(24)9-22(11)8-10-2-1-3-13-16(10)19(28)23(18(13)27)14-4-5-15(25)21-17(14)26/h1-3,11-12,14,24H,4-9,20H2,(H,21,25,26)/t11-,12-,14?/m1/s1. The maximum absolute atomic E-state index is 13.1. The summed E-state index contributed by atoms with van der Waals surface area (Å²) < 4.78 is 0. The van der Waals surface area contributed by atoms with Crippen molar-refractivity contribution >= 4 is 23.6 Å². The molecule has 0 radical (unpaired) electrons. The van der Waals surface area contributed by atoms with Gasteiger partial charge >= 0.3 is 0 Å². The molecule has 9 nitrogen and oxygen atoms in total. The molecule has 4 N–H and O–H groups in total. The summed E-state index contributed by atoms with van der Waals surface area (Å²) in [7, 11) is 0. The fraction of sp³-hybridized carbons (Fsp3) is 0.474. The molecule has 1 aromatic rings. The van der Waals surface area contributed by atoms with Gasteiger partial charge in [-0.2, -0.15) is 0 Å². The number of aliphatic hydroxyl groups excluding tert-OH is 1. The van der Waals surface area contributed by atoms with Gasteiger partial charge in [0.15, 0.2) is 0 Å². The second kappa shape index (κ2) is 7.08. The van der Waals surface area contributed by atoms with Crippen LogP contribution in [0.15, 0.2) is 18.2 Å². The van der Waals surface area contributed by atoms with Gasteiger partial charge in [-0.05, 0) is 24.5 Å². The van der Waals surface area contributed by atoms with Crippen LogP contribution in [0.25, 0.3) is 0 Å². The lowest BCUT2D eigenvalue weighted by Gasteiger charge is -2.28. The summed E-state index contributed by atoms with van der Waals surface area (Å²) in [5, 5.41) is 12.1. The third-order valence-corrected chi connectivity index (χ3v) is 5.71. The van der Waals surface area contributed by atoms with Crippen LogP contribution >= 0.6 is 0 Å². The Morgan fingerprint density at radius 2 is 1.96 bits per heavy atom. The van der Waals surface area contributed by atoms with E-state index in [9.17, 15) is 24.3 Å². The number of aliphatic hydroxyl groups is 1. The number of carbonyl (C=O) groups is 4. The van der Waals surface area contributed by atoms with Crippen LogP contribution in [0.1, 0.15) is 45.5 Å². The van der Waals surface area contributed by atoms with E-state index in [-0.39, 0.29) is 30.0 Å². The van der Waals surface area contributed by atoms with Crippen LogP contribution in [0.5, 0.6) is 0 Å². The third-order valence-electron chi connectivity index (χ3n) is 5.71. The summed E-state index contributed by atoms with van der Waals surface area (Å²) in [6, 6.07) is 4.07. The maximum atomic E-state index is 13.1. The van der Waals surface area contributed by atoms with Crippen molar-refractivity contribution in [3.05, 3.63) is 34.9 Å². The van der Waals surface area contributed by atoms with Gasteiger partial charge < -0.3 is 10.8 Å². The molecule has 0 bridgehead atoms. The van der Waals surface area contributed by atoms with Crippen molar-refractivity contribution in [1.29, 1.82) is 0 Å². The number of hydrogen-bond donors (Lipinski definition) is 3. The lowest BCUT2D eigenvalue weighted by Crippen LogP contribution is -2.54. The molecule has 2 saturated heterocycles. The number of β-amino-alcohol motifs (C(OH)–C–C–N with tert-alkyl or cyclic N) is 1. The Morgan fingerprint density at radius 3 is 2.68 bits per heavy atom. The first-order chi connectivity index (χ1) is 13.4. The Labute approximate surface area is 161 Å². The quantitative estimate of drug-likeness (QED) is 0.564. The summed E-state index contributed by atoms with van der Waals surface area (Å²) in [6.07, 6.45) is 0.308. The van der Waals surface area contributed by atoms with Crippen molar-refractivity contribution < 1.29 is 24.3 Å². The summed E-state index contributed by atoms with van der Waals surface area (Å²) in [5.41, 5.74) is 7.01. The Morgan fingerprint density at radius 1 is 1.18 bits per heavy atom. The first-order valence-electron chi connectivity index (χ1n) is 9.36. The van der Waals surface area contributed by atoms with E-state index in [0.717, 1.165) is 4.90 Å². The zero-order valence-corrected chi connectivity index (χ0v) is 15.3. The van der Waals surface area contributed by atoms with Crippen molar-refractivity contribution in [2.45, 2.75) is 44.0 Å². The highest BCUT2D eigenvalue weighted by atomic mass is 16.3. The maximum Gasteiger partial charge on any atom is 0.262 e. The van der Waals surface area contributed by atoms with Crippen LogP contribution in [0.2, 0.25) is 0 Å². The van der Waals surface area contributed by atoms with Gasteiger partial charge in [0.05, 0.1) is 17.2 Å². The molecule has 2 fully saturated rings. The predicted octanol–water partition coefficient (Wildman–Crippen LogP) is -1.02. The highest BCUT2D eigenvalue weighted by Crippen LogP contribution is 2.31. The van der Waals surface area contributed by atoms with E-state index in [1.807, 2.05) is 4.90 Å². The van der Waals surface area contributed by atoms with E-state index < -0.39 is 35.8 Å². The summed E-state index contributed by atoms with van der Waals surface area (Å²) >= 11 is 0. The number of carbonyl (C=O) groups excluding carboxylic acids is 4. The van der Waals surface area contributed by atoms with Gasteiger partial charge in [0.2, 0.25) is 11.8 Å². The number of fused-ring (bicyclic) bond motifs is 1. The number of imide groups is 2. The van der Waals surface area contributed by atoms with Crippen molar-refractivity contribution in [3.8, 4) is 0 Å². The van der Waals surface area contributed by atoms with E-state index in [1.54, 1.807) is 18.2 Å². The second-order valence-corrected chi connectivity index (χ2v) is 7.50. The Bertz CT molecular complexity index is 870. The molecule has 0 aliphatic carbocycles. The predicted molar refractivity (Wildman–Crippen MR) is 97.0 cm³/mol. The van der Waals surface area contributed by atoms with Gasteiger partial charge in [0, 0.05) is 32.1 Å². The Balaban J connectivity index is 1.63. The molecule has 1 unspecified atom stereocenters.